The number of halogens is 1. The van der Waals surface area contributed by atoms with Gasteiger partial charge in [-0.3, -0.25) is 4.57 Å². The first-order chi connectivity index (χ1) is 13.6. The van der Waals surface area contributed by atoms with Crippen molar-refractivity contribution < 1.29 is 9.53 Å². The first-order valence-electron chi connectivity index (χ1n) is 8.46. The van der Waals surface area contributed by atoms with Gasteiger partial charge < -0.3 is 10.5 Å². The van der Waals surface area contributed by atoms with Crippen molar-refractivity contribution in [1.82, 2.24) is 19.5 Å². The van der Waals surface area contributed by atoms with Gasteiger partial charge in [0.15, 0.2) is 17.2 Å². The SMILES string of the molecule is COC(=O)c1ccc2nc(-c3cccnc3N)n(-c3ccc(CCl)cc3)c2n1. The van der Waals surface area contributed by atoms with Gasteiger partial charge in [0.25, 0.3) is 0 Å². The molecule has 0 aliphatic rings. The molecule has 0 unspecified atom stereocenters. The Kier molecular flexibility index (Phi) is 4.67. The molecule has 8 heteroatoms. The zero-order valence-corrected chi connectivity index (χ0v) is 15.7. The number of hydrogen-bond donors (Lipinski definition) is 1. The lowest BCUT2D eigenvalue weighted by Crippen LogP contribution is -2.06. The fourth-order valence-electron chi connectivity index (χ4n) is 2.94. The zero-order chi connectivity index (χ0) is 19.7. The number of pyridine rings is 2. The molecule has 0 saturated heterocycles. The highest BCUT2D eigenvalue weighted by Gasteiger charge is 2.19. The van der Waals surface area contributed by atoms with E-state index >= 15 is 0 Å². The molecule has 0 atom stereocenters. The van der Waals surface area contributed by atoms with Crippen LogP contribution in [0.3, 0.4) is 0 Å². The third-order valence-electron chi connectivity index (χ3n) is 4.33. The molecule has 0 fully saturated rings. The van der Waals surface area contributed by atoms with Gasteiger partial charge in [-0.15, -0.1) is 11.6 Å². The fourth-order valence-corrected chi connectivity index (χ4v) is 3.12. The number of esters is 1. The van der Waals surface area contributed by atoms with Gasteiger partial charge in [0.05, 0.1) is 12.7 Å². The van der Waals surface area contributed by atoms with Gasteiger partial charge in [0.1, 0.15) is 11.3 Å². The molecular weight excluding hydrogens is 378 g/mol. The Labute approximate surface area is 165 Å². The maximum atomic E-state index is 12.0. The van der Waals surface area contributed by atoms with E-state index in [0.29, 0.717) is 34.2 Å². The molecule has 140 valence electrons. The number of alkyl halides is 1. The van der Waals surface area contributed by atoms with Crippen LogP contribution in [0.25, 0.3) is 28.2 Å². The zero-order valence-electron chi connectivity index (χ0n) is 15.0. The highest BCUT2D eigenvalue weighted by molar-refractivity contribution is 6.17. The molecule has 7 nitrogen and oxygen atoms in total. The summed E-state index contributed by atoms with van der Waals surface area (Å²) in [7, 11) is 1.32. The van der Waals surface area contributed by atoms with Gasteiger partial charge >= 0.3 is 5.97 Å². The van der Waals surface area contributed by atoms with E-state index in [1.807, 2.05) is 34.9 Å². The lowest BCUT2D eigenvalue weighted by Gasteiger charge is -2.11. The summed E-state index contributed by atoms with van der Waals surface area (Å²) in [4.78, 5) is 25.3. The number of methoxy groups -OCH3 is 1. The first kappa shape index (κ1) is 17.9. The normalized spacial score (nSPS) is 10.9. The lowest BCUT2D eigenvalue weighted by molar-refractivity contribution is 0.0594. The molecule has 3 aromatic heterocycles. The van der Waals surface area contributed by atoms with Crippen molar-refractivity contribution in [3.63, 3.8) is 0 Å². The molecule has 2 N–H and O–H groups in total. The van der Waals surface area contributed by atoms with Crippen molar-refractivity contribution in [2.75, 3.05) is 12.8 Å². The number of rotatable bonds is 4. The second-order valence-electron chi connectivity index (χ2n) is 6.04. The lowest BCUT2D eigenvalue weighted by atomic mass is 10.2. The number of nitrogens with two attached hydrogens (primary N) is 1. The van der Waals surface area contributed by atoms with Gasteiger partial charge in [-0.2, -0.15) is 0 Å². The van der Waals surface area contributed by atoms with Crippen LogP contribution in [0, 0.1) is 0 Å². The van der Waals surface area contributed by atoms with E-state index in [4.69, 9.17) is 27.1 Å². The molecule has 0 radical (unpaired) electrons. The Hall–Kier alpha value is -3.45. The third-order valence-corrected chi connectivity index (χ3v) is 4.64. The summed E-state index contributed by atoms with van der Waals surface area (Å²) >= 11 is 5.91. The summed E-state index contributed by atoms with van der Waals surface area (Å²) in [6, 6.07) is 14.6. The second kappa shape index (κ2) is 7.28. The average molecular weight is 394 g/mol. The number of carbonyl (C=O) groups excluding carboxylic acids is 1. The molecule has 3 heterocycles. The number of nitrogen functional groups attached to an aromatic ring is 1. The summed E-state index contributed by atoms with van der Waals surface area (Å²) in [6.45, 7) is 0. The Morgan fingerprint density at radius 1 is 1.14 bits per heavy atom. The van der Waals surface area contributed by atoms with Crippen molar-refractivity contribution >= 4 is 34.6 Å². The van der Waals surface area contributed by atoms with Gasteiger partial charge in [-0.05, 0) is 42.0 Å². The highest BCUT2D eigenvalue weighted by atomic mass is 35.5. The van der Waals surface area contributed by atoms with Gasteiger partial charge in [-0.1, -0.05) is 12.1 Å². The molecule has 0 amide bonds. The summed E-state index contributed by atoms with van der Waals surface area (Å²) in [5, 5.41) is 0. The molecule has 0 spiro atoms. The minimum atomic E-state index is -0.519. The number of nitrogens with zero attached hydrogens (tertiary/aromatic N) is 4. The number of ether oxygens (including phenoxy) is 1. The average Bonchev–Trinajstić information content (AvgIpc) is 3.12. The monoisotopic (exact) mass is 393 g/mol. The molecule has 0 aliphatic carbocycles. The smallest absolute Gasteiger partial charge is 0.356 e. The third kappa shape index (κ3) is 3.05. The Bertz CT molecular complexity index is 1170. The van der Waals surface area contributed by atoms with E-state index in [1.165, 1.54) is 7.11 Å². The molecule has 0 aliphatic heterocycles. The van der Waals surface area contributed by atoms with Crippen LogP contribution in [0.5, 0.6) is 0 Å². The van der Waals surface area contributed by atoms with E-state index in [9.17, 15) is 4.79 Å². The van der Waals surface area contributed by atoms with Crippen LogP contribution in [0.1, 0.15) is 16.1 Å². The maximum Gasteiger partial charge on any atom is 0.356 e. The summed E-state index contributed by atoms with van der Waals surface area (Å²) < 4.78 is 6.64. The molecule has 0 bridgehead atoms. The van der Waals surface area contributed by atoms with Crippen LogP contribution in [-0.2, 0) is 10.6 Å². The van der Waals surface area contributed by atoms with E-state index in [2.05, 4.69) is 9.97 Å². The van der Waals surface area contributed by atoms with Crippen molar-refractivity contribution in [2.24, 2.45) is 0 Å². The fraction of sp³-hybridized carbons (Fsp3) is 0.100. The quantitative estimate of drug-likeness (QED) is 0.420. The number of anilines is 1. The molecule has 0 saturated carbocycles. The molecule has 4 aromatic rings. The number of benzene rings is 1. The summed E-state index contributed by atoms with van der Waals surface area (Å²) in [5.41, 5.74) is 9.88. The molecule has 1 aromatic carbocycles. The van der Waals surface area contributed by atoms with Crippen LogP contribution in [0.4, 0.5) is 5.82 Å². The van der Waals surface area contributed by atoms with E-state index in [0.717, 1.165) is 11.3 Å². The van der Waals surface area contributed by atoms with Gasteiger partial charge in [-0.25, -0.2) is 19.7 Å². The van der Waals surface area contributed by atoms with Crippen molar-refractivity contribution in [1.29, 1.82) is 0 Å². The minimum Gasteiger partial charge on any atom is -0.464 e. The standard InChI is InChI=1S/C20H16ClN5O2/c1-28-20(27)16-9-8-15-19(25-16)26(13-6-4-12(11-21)5-7-13)18(24-15)14-3-2-10-23-17(14)22/h2-10H,11H2,1H3,(H2,22,23). The maximum absolute atomic E-state index is 12.0. The minimum absolute atomic E-state index is 0.194. The van der Waals surface area contributed by atoms with Crippen LogP contribution in [0.2, 0.25) is 0 Å². The van der Waals surface area contributed by atoms with Crippen LogP contribution >= 0.6 is 11.6 Å². The topological polar surface area (TPSA) is 95.9 Å². The van der Waals surface area contributed by atoms with Gasteiger partial charge in [0.2, 0.25) is 0 Å². The van der Waals surface area contributed by atoms with Crippen molar-refractivity contribution in [3.05, 3.63) is 66.0 Å². The number of hydrogen-bond acceptors (Lipinski definition) is 6. The van der Waals surface area contributed by atoms with Crippen molar-refractivity contribution in [2.45, 2.75) is 5.88 Å². The Morgan fingerprint density at radius 2 is 1.93 bits per heavy atom. The first-order valence-corrected chi connectivity index (χ1v) is 8.99. The van der Waals surface area contributed by atoms with Crippen LogP contribution in [0.15, 0.2) is 54.7 Å². The molecular formula is C20H16ClN5O2. The Balaban J connectivity index is 2.02. The summed E-state index contributed by atoms with van der Waals surface area (Å²) in [6.07, 6.45) is 1.62. The Morgan fingerprint density at radius 3 is 2.61 bits per heavy atom. The van der Waals surface area contributed by atoms with Crippen LogP contribution in [-0.4, -0.2) is 32.6 Å². The summed E-state index contributed by atoms with van der Waals surface area (Å²) in [5.74, 6) is 0.825. The highest BCUT2D eigenvalue weighted by Crippen LogP contribution is 2.30. The predicted molar refractivity (Wildman–Crippen MR) is 107 cm³/mol. The van der Waals surface area contributed by atoms with Crippen molar-refractivity contribution in [3.8, 4) is 17.1 Å². The van der Waals surface area contributed by atoms with E-state index < -0.39 is 5.97 Å². The van der Waals surface area contributed by atoms with Gasteiger partial charge in [0, 0.05) is 17.8 Å². The number of imidazole rings is 1. The molecule has 4 rings (SSSR count). The van der Waals surface area contributed by atoms with E-state index in [-0.39, 0.29) is 5.69 Å². The second-order valence-corrected chi connectivity index (χ2v) is 6.31. The van der Waals surface area contributed by atoms with Crippen LogP contribution < -0.4 is 5.73 Å². The molecule has 28 heavy (non-hydrogen) atoms. The largest absolute Gasteiger partial charge is 0.464 e. The number of carbonyl (C=O) groups is 1. The number of aromatic nitrogens is 4. The van der Waals surface area contributed by atoms with E-state index in [1.54, 1.807) is 24.4 Å². The predicted octanol–water partition coefficient (Wildman–Crippen LogP) is 3.59. The number of fused-ring (bicyclic) bond motifs is 1.